The lowest BCUT2D eigenvalue weighted by Gasteiger charge is -2.26. The number of benzene rings is 3. The van der Waals surface area contributed by atoms with Gasteiger partial charge in [-0.3, -0.25) is 9.36 Å². The number of allylic oxidation sites excluding steroid dienone is 1. The Labute approximate surface area is 265 Å². The highest BCUT2D eigenvalue weighted by molar-refractivity contribution is 7.07. The van der Waals surface area contributed by atoms with Crippen molar-refractivity contribution in [2.45, 2.75) is 40.3 Å². The Hall–Kier alpha value is -4.83. The number of carbonyl (C=O) groups is 1. The summed E-state index contributed by atoms with van der Waals surface area (Å²) in [6.45, 7) is 8.32. The van der Waals surface area contributed by atoms with E-state index in [1.165, 1.54) is 15.9 Å². The molecular formula is C35H36N2O7S. The van der Waals surface area contributed by atoms with Crippen LogP contribution in [0.1, 0.15) is 49.1 Å². The van der Waals surface area contributed by atoms with Gasteiger partial charge in [-0.15, -0.1) is 0 Å². The van der Waals surface area contributed by atoms with Gasteiger partial charge in [0.1, 0.15) is 12.6 Å². The summed E-state index contributed by atoms with van der Waals surface area (Å²) in [5.74, 6) is 1.53. The molecule has 0 spiro atoms. The number of para-hydroxylation sites is 1. The number of esters is 1. The Morgan fingerprint density at radius 2 is 1.71 bits per heavy atom. The number of hydrogen-bond acceptors (Lipinski definition) is 9. The van der Waals surface area contributed by atoms with Gasteiger partial charge in [-0.25, -0.2) is 9.79 Å². The van der Waals surface area contributed by atoms with E-state index in [2.05, 4.69) is 11.1 Å². The number of aromatic nitrogens is 1. The number of rotatable bonds is 11. The van der Waals surface area contributed by atoms with Gasteiger partial charge < -0.3 is 23.7 Å². The smallest absolute Gasteiger partial charge is 0.338 e. The van der Waals surface area contributed by atoms with Crippen LogP contribution in [0.4, 0.5) is 0 Å². The molecular weight excluding hydrogens is 592 g/mol. The van der Waals surface area contributed by atoms with Gasteiger partial charge in [0.2, 0.25) is 0 Å². The van der Waals surface area contributed by atoms with Gasteiger partial charge in [-0.05, 0) is 63.1 Å². The fraction of sp³-hybridized carbons (Fsp3) is 0.286. The SMILES string of the molecule is CCOC(=O)C1=C(C)N=c2sc(=Cc3ccc(OCc4cccc(C)c4)c(OC)c3)c(=O)n2[C@H]1c1cccc(OC)c1OCC. The van der Waals surface area contributed by atoms with Gasteiger partial charge in [0.25, 0.3) is 5.56 Å². The molecule has 1 aromatic heterocycles. The quantitative estimate of drug-likeness (QED) is 0.213. The molecule has 1 atom stereocenters. The zero-order valence-corrected chi connectivity index (χ0v) is 27.0. The summed E-state index contributed by atoms with van der Waals surface area (Å²) in [7, 11) is 3.13. The van der Waals surface area contributed by atoms with Crippen LogP contribution in [0.15, 0.2) is 81.7 Å². The molecule has 1 aliphatic heterocycles. The van der Waals surface area contributed by atoms with Crippen LogP contribution in [0.5, 0.6) is 23.0 Å². The zero-order valence-electron chi connectivity index (χ0n) is 26.2. The topological polar surface area (TPSA) is 97.6 Å². The van der Waals surface area contributed by atoms with E-state index >= 15 is 0 Å². The van der Waals surface area contributed by atoms with Gasteiger partial charge in [0.15, 0.2) is 27.8 Å². The Balaban J connectivity index is 1.60. The number of thiazole rings is 1. The molecule has 0 radical (unpaired) electrons. The van der Waals surface area contributed by atoms with E-state index in [1.54, 1.807) is 46.3 Å². The largest absolute Gasteiger partial charge is 0.493 e. The third-order valence-corrected chi connectivity index (χ3v) is 8.27. The van der Waals surface area contributed by atoms with Crippen LogP contribution >= 0.6 is 11.3 Å². The predicted octanol–water partition coefficient (Wildman–Crippen LogP) is 5.10. The molecule has 0 saturated carbocycles. The monoisotopic (exact) mass is 628 g/mol. The van der Waals surface area contributed by atoms with Crippen molar-refractivity contribution in [3.05, 3.63) is 114 Å². The zero-order chi connectivity index (χ0) is 32.1. The molecule has 0 unspecified atom stereocenters. The molecule has 0 fully saturated rings. The van der Waals surface area contributed by atoms with Crippen molar-refractivity contribution < 1.29 is 28.5 Å². The maximum atomic E-state index is 14.1. The van der Waals surface area contributed by atoms with Crippen molar-refractivity contribution in [2.75, 3.05) is 27.4 Å². The summed E-state index contributed by atoms with van der Waals surface area (Å²) < 4.78 is 30.7. The van der Waals surface area contributed by atoms with Crippen molar-refractivity contribution in [1.29, 1.82) is 0 Å². The number of ether oxygens (including phenoxy) is 5. The number of nitrogens with zero attached hydrogens (tertiary/aromatic N) is 2. The molecule has 10 heteroatoms. The van der Waals surface area contributed by atoms with Crippen LogP contribution in [0.3, 0.4) is 0 Å². The number of carbonyl (C=O) groups excluding carboxylic acids is 1. The van der Waals surface area contributed by atoms with Crippen molar-refractivity contribution in [2.24, 2.45) is 4.99 Å². The Morgan fingerprint density at radius 3 is 2.42 bits per heavy atom. The minimum absolute atomic E-state index is 0.176. The average Bonchev–Trinajstić information content (AvgIpc) is 3.33. The molecule has 234 valence electrons. The highest BCUT2D eigenvalue weighted by Gasteiger charge is 2.36. The number of hydrogen-bond donors (Lipinski definition) is 0. The average molecular weight is 629 g/mol. The Bertz CT molecular complexity index is 1940. The van der Waals surface area contributed by atoms with Gasteiger partial charge in [-0.2, -0.15) is 0 Å². The van der Waals surface area contributed by atoms with E-state index in [0.717, 1.165) is 16.7 Å². The normalized spacial score (nSPS) is 14.4. The minimum Gasteiger partial charge on any atom is -0.493 e. The summed E-state index contributed by atoms with van der Waals surface area (Å²) in [6.07, 6.45) is 1.78. The van der Waals surface area contributed by atoms with E-state index in [0.29, 0.717) is 56.8 Å². The highest BCUT2D eigenvalue weighted by atomic mass is 32.1. The first-order chi connectivity index (χ1) is 21.8. The maximum Gasteiger partial charge on any atom is 0.338 e. The van der Waals surface area contributed by atoms with Crippen LogP contribution in [0.25, 0.3) is 6.08 Å². The highest BCUT2D eigenvalue weighted by Crippen LogP contribution is 2.40. The maximum absolute atomic E-state index is 14.1. The van der Waals surface area contributed by atoms with E-state index < -0.39 is 12.0 Å². The third kappa shape index (κ3) is 6.51. The summed E-state index contributed by atoms with van der Waals surface area (Å²) in [4.78, 5) is 32.6. The number of methoxy groups -OCH3 is 2. The lowest BCUT2D eigenvalue weighted by Crippen LogP contribution is -2.40. The molecule has 0 N–H and O–H groups in total. The number of aryl methyl sites for hydroxylation is 1. The molecule has 0 saturated heterocycles. The van der Waals surface area contributed by atoms with Gasteiger partial charge >= 0.3 is 5.97 Å². The summed E-state index contributed by atoms with van der Waals surface area (Å²) >= 11 is 1.24. The first-order valence-electron chi connectivity index (χ1n) is 14.6. The van der Waals surface area contributed by atoms with E-state index in [1.807, 2.05) is 56.3 Å². The lowest BCUT2D eigenvalue weighted by molar-refractivity contribution is -0.139. The van der Waals surface area contributed by atoms with Crippen LogP contribution in [0, 0.1) is 6.92 Å². The Morgan fingerprint density at radius 1 is 0.933 bits per heavy atom. The molecule has 0 aliphatic carbocycles. The molecule has 0 bridgehead atoms. The molecule has 1 aliphatic rings. The first kappa shape index (κ1) is 31.6. The molecule has 3 aromatic carbocycles. The second-order valence-corrected chi connectivity index (χ2v) is 11.3. The Kier molecular flexibility index (Phi) is 9.73. The lowest BCUT2D eigenvalue weighted by atomic mass is 9.94. The second kappa shape index (κ2) is 13.9. The van der Waals surface area contributed by atoms with Crippen molar-refractivity contribution in [3.8, 4) is 23.0 Å². The molecule has 5 rings (SSSR count). The second-order valence-electron chi connectivity index (χ2n) is 10.3. The first-order valence-corrected chi connectivity index (χ1v) is 15.5. The summed E-state index contributed by atoms with van der Waals surface area (Å²) in [6, 6.07) is 18.2. The van der Waals surface area contributed by atoms with Gasteiger partial charge in [0.05, 0.1) is 43.2 Å². The molecule has 2 heterocycles. The molecule has 4 aromatic rings. The van der Waals surface area contributed by atoms with Crippen LogP contribution in [-0.2, 0) is 16.1 Å². The van der Waals surface area contributed by atoms with Crippen LogP contribution in [-0.4, -0.2) is 38.0 Å². The standard InChI is InChI=1S/C35H36N2O7S/c1-7-42-32-25(13-10-14-27(32)40-5)31-30(34(39)43-8-2)22(4)36-35-37(31)33(38)29(45-35)19-23-15-16-26(28(18-23)41-6)44-20-24-12-9-11-21(3)17-24/h9-19,31H,7-8,20H2,1-6H3/t31-/m0/s1. The van der Waals surface area contributed by atoms with Crippen molar-refractivity contribution in [3.63, 3.8) is 0 Å². The summed E-state index contributed by atoms with van der Waals surface area (Å²) in [5.41, 5.74) is 3.98. The van der Waals surface area contributed by atoms with E-state index in [9.17, 15) is 9.59 Å². The third-order valence-electron chi connectivity index (χ3n) is 7.29. The van der Waals surface area contributed by atoms with E-state index in [-0.39, 0.29) is 17.7 Å². The van der Waals surface area contributed by atoms with Crippen molar-refractivity contribution in [1.82, 2.24) is 4.57 Å². The van der Waals surface area contributed by atoms with Crippen LogP contribution < -0.4 is 33.8 Å². The van der Waals surface area contributed by atoms with Gasteiger partial charge in [-0.1, -0.05) is 59.4 Å². The fourth-order valence-electron chi connectivity index (χ4n) is 5.30. The molecule has 9 nitrogen and oxygen atoms in total. The minimum atomic E-state index is -0.842. The number of fused-ring (bicyclic) bond motifs is 1. The molecule has 0 amide bonds. The summed E-state index contributed by atoms with van der Waals surface area (Å²) in [5, 5.41) is 0. The van der Waals surface area contributed by atoms with Crippen LogP contribution in [0.2, 0.25) is 0 Å². The van der Waals surface area contributed by atoms with Crippen molar-refractivity contribution >= 4 is 23.4 Å². The van der Waals surface area contributed by atoms with Gasteiger partial charge in [0, 0.05) is 5.56 Å². The fourth-order valence-corrected chi connectivity index (χ4v) is 6.35. The molecule has 45 heavy (non-hydrogen) atoms. The van der Waals surface area contributed by atoms with E-state index in [4.69, 9.17) is 23.7 Å². The predicted molar refractivity (Wildman–Crippen MR) is 173 cm³/mol.